The summed E-state index contributed by atoms with van der Waals surface area (Å²) in [7, 11) is 0. The zero-order valence-electron chi connectivity index (χ0n) is 16.9. The van der Waals surface area contributed by atoms with Gasteiger partial charge in [-0.1, -0.05) is 23.7 Å². The zero-order chi connectivity index (χ0) is 21.8. The van der Waals surface area contributed by atoms with Crippen LogP contribution >= 0.6 is 23.2 Å². The number of amidine groups is 1. The Balaban J connectivity index is 1.73. The van der Waals surface area contributed by atoms with E-state index in [0.29, 0.717) is 35.3 Å². The van der Waals surface area contributed by atoms with Gasteiger partial charge in [0.25, 0.3) is 0 Å². The van der Waals surface area contributed by atoms with Crippen molar-refractivity contribution in [3.8, 4) is 0 Å². The molecule has 1 saturated heterocycles. The van der Waals surface area contributed by atoms with Crippen LogP contribution in [0, 0.1) is 12.3 Å². The number of nitrogens with two attached hydrogens (primary N) is 1. The predicted molar refractivity (Wildman–Crippen MR) is 119 cm³/mol. The van der Waals surface area contributed by atoms with Crippen LogP contribution in [0.5, 0.6) is 0 Å². The molecule has 1 fully saturated rings. The van der Waals surface area contributed by atoms with Crippen molar-refractivity contribution in [1.29, 1.82) is 5.41 Å². The molecule has 3 rings (SSSR count). The van der Waals surface area contributed by atoms with Gasteiger partial charge in [0.05, 0.1) is 35.6 Å². The largest absolute Gasteiger partial charge is 0.339 e. The number of carbonyl (C=O) groups is 1. The predicted octanol–water partition coefficient (Wildman–Crippen LogP) is 3.87. The Hall–Kier alpha value is -2.42. The molecule has 2 unspecified atom stereocenters. The summed E-state index contributed by atoms with van der Waals surface area (Å²) < 4.78 is 0. The van der Waals surface area contributed by atoms with E-state index < -0.39 is 6.17 Å². The molecule has 0 radical (unpaired) electrons. The average molecular weight is 450 g/mol. The second-order valence-corrected chi connectivity index (χ2v) is 8.08. The fourth-order valence-corrected chi connectivity index (χ4v) is 3.89. The van der Waals surface area contributed by atoms with Gasteiger partial charge in [-0.15, -0.1) is 0 Å². The van der Waals surface area contributed by atoms with Crippen molar-refractivity contribution in [2.75, 3.05) is 11.9 Å². The number of likely N-dealkylation sites (tertiary alicyclic amines) is 1. The third-order valence-electron chi connectivity index (χ3n) is 5.20. The number of aromatic nitrogens is 2. The molecule has 1 aromatic carbocycles. The van der Waals surface area contributed by atoms with E-state index in [4.69, 9.17) is 34.3 Å². The molecule has 2 heterocycles. The summed E-state index contributed by atoms with van der Waals surface area (Å²) in [4.78, 5) is 24.5. The van der Waals surface area contributed by atoms with E-state index in [9.17, 15) is 4.79 Å². The first kappa shape index (κ1) is 22.3. The van der Waals surface area contributed by atoms with E-state index in [-0.39, 0.29) is 17.4 Å². The lowest BCUT2D eigenvalue weighted by molar-refractivity contribution is 0.160. The molecule has 1 aromatic heterocycles. The second-order valence-electron chi connectivity index (χ2n) is 7.30. The highest BCUT2D eigenvalue weighted by Crippen LogP contribution is 2.24. The summed E-state index contributed by atoms with van der Waals surface area (Å²) in [6.07, 6.45) is 2.57. The lowest BCUT2D eigenvalue weighted by Gasteiger charge is -2.37. The van der Waals surface area contributed by atoms with Gasteiger partial charge in [0.2, 0.25) is 5.28 Å². The van der Waals surface area contributed by atoms with E-state index in [1.54, 1.807) is 23.6 Å². The number of carbonyl (C=O) groups excluding carboxylic acids is 1. The number of aryl methyl sites for hydroxylation is 1. The number of rotatable bonds is 5. The number of hydrogen-bond donors (Lipinski definition) is 3. The quantitative estimate of drug-likeness (QED) is 0.277. The van der Waals surface area contributed by atoms with Crippen LogP contribution in [0.1, 0.15) is 31.0 Å². The standard InChI is InChI=1S/C20H25Cl2N7O/c1-12-16(10-25-19(22)26-12)27-20(30)28-9-3-4-17(28)18(24)29(13(2)23)11-14-5-7-15(21)8-6-14/h5-8,10,17-18,23H,3-4,9,11,24H2,1-2H3,(H,27,30). The van der Waals surface area contributed by atoms with Crippen LogP contribution in [0.2, 0.25) is 10.3 Å². The molecule has 30 heavy (non-hydrogen) atoms. The molecule has 4 N–H and O–H groups in total. The Labute approximate surface area is 185 Å². The molecular weight excluding hydrogens is 425 g/mol. The Morgan fingerprint density at radius 2 is 2.10 bits per heavy atom. The molecule has 0 spiro atoms. The van der Waals surface area contributed by atoms with Gasteiger partial charge in [-0.25, -0.2) is 14.8 Å². The van der Waals surface area contributed by atoms with Gasteiger partial charge in [0.15, 0.2) is 0 Å². The smallest absolute Gasteiger partial charge is 0.322 e. The van der Waals surface area contributed by atoms with E-state index in [1.807, 2.05) is 24.3 Å². The zero-order valence-corrected chi connectivity index (χ0v) is 18.4. The molecule has 10 heteroatoms. The molecule has 160 valence electrons. The van der Waals surface area contributed by atoms with E-state index in [1.165, 1.54) is 6.20 Å². The fraction of sp³-hybridized carbons (Fsp3) is 0.400. The number of nitrogens with one attached hydrogen (secondary N) is 2. The molecule has 0 aliphatic carbocycles. The first-order valence-electron chi connectivity index (χ1n) is 9.65. The Morgan fingerprint density at radius 3 is 2.73 bits per heavy atom. The van der Waals surface area contributed by atoms with Gasteiger partial charge < -0.3 is 20.9 Å². The van der Waals surface area contributed by atoms with Gasteiger partial charge >= 0.3 is 6.03 Å². The molecule has 1 aliphatic heterocycles. The van der Waals surface area contributed by atoms with Crippen LogP contribution in [0.4, 0.5) is 10.5 Å². The molecule has 2 atom stereocenters. The summed E-state index contributed by atoms with van der Waals surface area (Å²) in [6, 6.07) is 6.94. The van der Waals surface area contributed by atoms with Gasteiger partial charge in [0.1, 0.15) is 0 Å². The maximum Gasteiger partial charge on any atom is 0.322 e. The van der Waals surface area contributed by atoms with Crippen molar-refractivity contribution in [2.24, 2.45) is 5.73 Å². The van der Waals surface area contributed by atoms with Crippen LogP contribution in [0.25, 0.3) is 0 Å². The molecule has 2 amide bonds. The van der Waals surface area contributed by atoms with Gasteiger partial charge in [0, 0.05) is 18.1 Å². The van der Waals surface area contributed by atoms with Crippen molar-refractivity contribution in [3.63, 3.8) is 0 Å². The Morgan fingerprint density at radius 1 is 1.40 bits per heavy atom. The number of urea groups is 1. The number of amides is 2. The van der Waals surface area contributed by atoms with E-state index in [0.717, 1.165) is 18.4 Å². The third kappa shape index (κ3) is 5.19. The second kappa shape index (κ2) is 9.59. The molecule has 1 aliphatic rings. The maximum atomic E-state index is 12.9. The topological polar surface area (TPSA) is 111 Å². The normalized spacial score (nSPS) is 17.0. The minimum Gasteiger partial charge on any atom is -0.339 e. The summed E-state index contributed by atoms with van der Waals surface area (Å²) in [5.41, 5.74) is 8.65. The van der Waals surface area contributed by atoms with Gasteiger partial charge in [-0.05, 0) is 56.0 Å². The lowest BCUT2D eigenvalue weighted by atomic mass is 10.1. The van der Waals surface area contributed by atoms with Crippen LogP contribution < -0.4 is 11.1 Å². The van der Waals surface area contributed by atoms with Gasteiger partial charge in [-0.2, -0.15) is 0 Å². The molecular formula is C20H25Cl2N7O. The minimum absolute atomic E-state index is 0.130. The maximum absolute atomic E-state index is 12.9. The summed E-state index contributed by atoms with van der Waals surface area (Å²) in [6.45, 7) is 4.50. The first-order valence-corrected chi connectivity index (χ1v) is 10.4. The van der Waals surface area contributed by atoms with Crippen LogP contribution in [-0.4, -0.2) is 50.4 Å². The SMILES string of the molecule is CC(=N)N(Cc1ccc(Cl)cc1)C(N)C1CCCN1C(=O)Nc1cnc(Cl)nc1C. The van der Waals surface area contributed by atoms with Crippen LogP contribution in [-0.2, 0) is 6.54 Å². The van der Waals surface area contributed by atoms with E-state index >= 15 is 0 Å². The van der Waals surface area contributed by atoms with Crippen molar-refractivity contribution in [3.05, 3.63) is 52.0 Å². The highest BCUT2D eigenvalue weighted by atomic mass is 35.5. The molecule has 2 aromatic rings. The van der Waals surface area contributed by atoms with Crippen molar-refractivity contribution in [1.82, 2.24) is 19.8 Å². The summed E-state index contributed by atoms with van der Waals surface area (Å²) in [5, 5.41) is 11.8. The van der Waals surface area contributed by atoms with Gasteiger partial charge in [-0.3, -0.25) is 5.41 Å². The molecule has 0 saturated carbocycles. The average Bonchev–Trinajstić information content (AvgIpc) is 3.19. The highest BCUT2D eigenvalue weighted by Gasteiger charge is 2.36. The monoisotopic (exact) mass is 449 g/mol. The lowest BCUT2D eigenvalue weighted by Crippen LogP contribution is -2.57. The summed E-state index contributed by atoms with van der Waals surface area (Å²) >= 11 is 11.8. The third-order valence-corrected chi connectivity index (χ3v) is 5.64. The highest BCUT2D eigenvalue weighted by molar-refractivity contribution is 6.30. The summed E-state index contributed by atoms with van der Waals surface area (Å²) in [5.74, 6) is 0.339. The minimum atomic E-state index is -0.519. The van der Waals surface area contributed by atoms with Crippen LogP contribution in [0.3, 0.4) is 0 Å². The number of hydrogen-bond acceptors (Lipinski definition) is 5. The van der Waals surface area contributed by atoms with Crippen LogP contribution in [0.15, 0.2) is 30.5 Å². The fourth-order valence-electron chi connectivity index (χ4n) is 3.59. The molecule has 0 bridgehead atoms. The van der Waals surface area contributed by atoms with Crippen molar-refractivity contribution < 1.29 is 4.79 Å². The van der Waals surface area contributed by atoms with Crippen molar-refractivity contribution in [2.45, 2.75) is 45.4 Å². The Bertz CT molecular complexity index is 922. The van der Waals surface area contributed by atoms with E-state index in [2.05, 4.69) is 15.3 Å². The van der Waals surface area contributed by atoms with Crippen molar-refractivity contribution >= 4 is 40.8 Å². The number of halogens is 2. The number of benzene rings is 1. The first-order chi connectivity index (χ1) is 14.3. The Kier molecular flexibility index (Phi) is 7.12. The number of anilines is 1. The molecule has 8 nitrogen and oxygen atoms in total. The number of nitrogens with zero attached hydrogens (tertiary/aromatic N) is 4.